The Morgan fingerprint density at radius 2 is 2.00 bits per heavy atom. The molecule has 3 nitrogen and oxygen atoms in total. The van der Waals surface area contributed by atoms with Crippen LogP contribution in [0.3, 0.4) is 0 Å². The maximum absolute atomic E-state index is 6.02. The van der Waals surface area contributed by atoms with Crippen molar-refractivity contribution in [3.8, 4) is 0 Å². The SMILES string of the molecule is CC(Nc1ccnc2cc(Cl)ccc12)c1cccc(N)c1. The lowest BCUT2D eigenvalue weighted by Gasteiger charge is -2.17. The Hall–Kier alpha value is -2.26. The molecule has 1 unspecified atom stereocenters. The Morgan fingerprint density at radius 3 is 2.81 bits per heavy atom. The summed E-state index contributed by atoms with van der Waals surface area (Å²) in [6.07, 6.45) is 1.78. The number of hydrogen-bond acceptors (Lipinski definition) is 3. The Kier molecular flexibility index (Phi) is 3.67. The Labute approximate surface area is 128 Å². The van der Waals surface area contributed by atoms with Crippen molar-refractivity contribution in [2.24, 2.45) is 0 Å². The summed E-state index contributed by atoms with van der Waals surface area (Å²) in [6.45, 7) is 2.11. The van der Waals surface area contributed by atoms with Crippen LogP contribution in [0.25, 0.3) is 10.9 Å². The molecular formula is C17H16ClN3. The molecule has 106 valence electrons. The van der Waals surface area contributed by atoms with Crippen molar-refractivity contribution >= 4 is 33.9 Å². The molecule has 21 heavy (non-hydrogen) atoms. The van der Waals surface area contributed by atoms with Crippen molar-refractivity contribution in [1.82, 2.24) is 4.98 Å². The number of nitrogens with two attached hydrogens (primary N) is 1. The van der Waals surface area contributed by atoms with Crippen LogP contribution in [0.4, 0.5) is 11.4 Å². The van der Waals surface area contributed by atoms with E-state index in [9.17, 15) is 0 Å². The fourth-order valence-electron chi connectivity index (χ4n) is 2.39. The molecule has 0 bridgehead atoms. The molecule has 0 saturated heterocycles. The molecule has 4 heteroatoms. The molecule has 0 amide bonds. The third-order valence-electron chi connectivity index (χ3n) is 3.49. The van der Waals surface area contributed by atoms with Crippen molar-refractivity contribution in [2.45, 2.75) is 13.0 Å². The van der Waals surface area contributed by atoms with E-state index in [1.54, 1.807) is 6.20 Å². The topological polar surface area (TPSA) is 50.9 Å². The van der Waals surface area contributed by atoms with Gasteiger partial charge in [-0.15, -0.1) is 0 Å². The van der Waals surface area contributed by atoms with Crippen molar-refractivity contribution in [2.75, 3.05) is 11.1 Å². The van der Waals surface area contributed by atoms with Gasteiger partial charge in [-0.2, -0.15) is 0 Å². The van der Waals surface area contributed by atoms with Crippen LogP contribution in [0.2, 0.25) is 5.02 Å². The molecule has 0 spiro atoms. The van der Waals surface area contributed by atoms with Gasteiger partial charge in [0.25, 0.3) is 0 Å². The van der Waals surface area contributed by atoms with Crippen LogP contribution in [-0.2, 0) is 0 Å². The lowest BCUT2D eigenvalue weighted by Crippen LogP contribution is -2.07. The van der Waals surface area contributed by atoms with E-state index in [1.807, 2.05) is 42.5 Å². The Bertz CT molecular complexity index is 786. The average molecular weight is 298 g/mol. The minimum atomic E-state index is 0.148. The molecular weight excluding hydrogens is 282 g/mol. The highest BCUT2D eigenvalue weighted by molar-refractivity contribution is 6.31. The lowest BCUT2D eigenvalue weighted by atomic mass is 10.1. The maximum atomic E-state index is 6.02. The first-order valence-electron chi connectivity index (χ1n) is 6.80. The van der Waals surface area contributed by atoms with Crippen LogP contribution >= 0.6 is 11.6 Å². The Morgan fingerprint density at radius 1 is 1.14 bits per heavy atom. The number of nitrogen functional groups attached to an aromatic ring is 1. The summed E-state index contributed by atoms with van der Waals surface area (Å²) < 4.78 is 0. The highest BCUT2D eigenvalue weighted by Crippen LogP contribution is 2.28. The van der Waals surface area contributed by atoms with E-state index in [1.165, 1.54) is 0 Å². The fraction of sp³-hybridized carbons (Fsp3) is 0.118. The highest BCUT2D eigenvalue weighted by Gasteiger charge is 2.08. The van der Waals surface area contributed by atoms with E-state index in [-0.39, 0.29) is 6.04 Å². The van der Waals surface area contributed by atoms with Gasteiger partial charge in [-0.25, -0.2) is 0 Å². The number of benzene rings is 2. The van der Waals surface area contributed by atoms with Gasteiger partial charge >= 0.3 is 0 Å². The number of nitrogens with zero attached hydrogens (tertiary/aromatic N) is 1. The van der Waals surface area contributed by atoms with Gasteiger partial charge < -0.3 is 11.1 Å². The molecule has 0 fully saturated rings. The molecule has 0 radical (unpaired) electrons. The number of aromatic nitrogens is 1. The molecule has 0 aliphatic heterocycles. The number of halogens is 1. The zero-order chi connectivity index (χ0) is 14.8. The third-order valence-corrected chi connectivity index (χ3v) is 3.72. The number of rotatable bonds is 3. The zero-order valence-electron chi connectivity index (χ0n) is 11.7. The molecule has 0 saturated carbocycles. The normalized spacial score (nSPS) is 12.3. The smallest absolute Gasteiger partial charge is 0.0737 e. The predicted octanol–water partition coefficient (Wildman–Crippen LogP) is 4.64. The molecule has 3 rings (SSSR count). The van der Waals surface area contributed by atoms with Crippen LogP contribution in [0.5, 0.6) is 0 Å². The largest absolute Gasteiger partial charge is 0.399 e. The molecule has 1 atom stereocenters. The second kappa shape index (κ2) is 5.62. The van der Waals surface area contributed by atoms with Crippen molar-refractivity contribution in [3.63, 3.8) is 0 Å². The van der Waals surface area contributed by atoms with Gasteiger partial charge in [0.15, 0.2) is 0 Å². The van der Waals surface area contributed by atoms with Gasteiger partial charge in [0.1, 0.15) is 0 Å². The first-order chi connectivity index (χ1) is 10.1. The van der Waals surface area contributed by atoms with Gasteiger partial charge in [-0.3, -0.25) is 4.98 Å². The summed E-state index contributed by atoms with van der Waals surface area (Å²) in [7, 11) is 0. The number of fused-ring (bicyclic) bond motifs is 1. The minimum absolute atomic E-state index is 0.148. The summed E-state index contributed by atoms with van der Waals surface area (Å²) in [4.78, 5) is 4.35. The summed E-state index contributed by atoms with van der Waals surface area (Å²) in [5.41, 5.74) is 9.68. The first-order valence-corrected chi connectivity index (χ1v) is 7.17. The van der Waals surface area contributed by atoms with Crippen LogP contribution in [0, 0.1) is 0 Å². The van der Waals surface area contributed by atoms with E-state index >= 15 is 0 Å². The molecule has 2 aromatic carbocycles. The van der Waals surface area contributed by atoms with Gasteiger partial charge in [0.2, 0.25) is 0 Å². The fourth-order valence-corrected chi connectivity index (χ4v) is 2.56. The monoisotopic (exact) mass is 297 g/mol. The summed E-state index contributed by atoms with van der Waals surface area (Å²) in [6, 6.07) is 15.8. The molecule has 3 N–H and O–H groups in total. The minimum Gasteiger partial charge on any atom is -0.399 e. The van der Waals surface area contributed by atoms with Gasteiger partial charge in [0, 0.05) is 34.0 Å². The van der Waals surface area contributed by atoms with Crippen LogP contribution in [0.1, 0.15) is 18.5 Å². The van der Waals surface area contributed by atoms with E-state index in [0.717, 1.165) is 27.8 Å². The maximum Gasteiger partial charge on any atom is 0.0737 e. The molecule has 3 aromatic rings. The van der Waals surface area contributed by atoms with Crippen LogP contribution < -0.4 is 11.1 Å². The molecule has 0 aliphatic carbocycles. The molecule has 1 aromatic heterocycles. The summed E-state index contributed by atoms with van der Waals surface area (Å²) in [5.74, 6) is 0. The quantitative estimate of drug-likeness (QED) is 0.692. The van der Waals surface area contributed by atoms with E-state index < -0.39 is 0 Å². The second-order valence-corrected chi connectivity index (χ2v) is 5.49. The Balaban J connectivity index is 1.94. The number of anilines is 2. The summed E-state index contributed by atoms with van der Waals surface area (Å²) in [5, 5.41) is 5.25. The van der Waals surface area contributed by atoms with E-state index in [0.29, 0.717) is 5.02 Å². The van der Waals surface area contributed by atoms with Crippen LogP contribution in [0.15, 0.2) is 54.7 Å². The summed E-state index contributed by atoms with van der Waals surface area (Å²) >= 11 is 6.02. The number of nitrogens with one attached hydrogen (secondary N) is 1. The van der Waals surface area contributed by atoms with Crippen molar-refractivity contribution < 1.29 is 0 Å². The highest BCUT2D eigenvalue weighted by atomic mass is 35.5. The van der Waals surface area contributed by atoms with Gasteiger partial charge in [-0.05, 0) is 48.9 Å². The zero-order valence-corrected chi connectivity index (χ0v) is 12.4. The van der Waals surface area contributed by atoms with E-state index in [4.69, 9.17) is 17.3 Å². The third kappa shape index (κ3) is 2.93. The molecule has 0 aliphatic rings. The lowest BCUT2D eigenvalue weighted by molar-refractivity contribution is 0.887. The van der Waals surface area contributed by atoms with Gasteiger partial charge in [-0.1, -0.05) is 23.7 Å². The average Bonchev–Trinajstić information content (AvgIpc) is 2.47. The molecule has 1 heterocycles. The number of pyridine rings is 1. The predicted molar refractivity (Wildman–Crippen MR) is 89.6 cm³/mol. The van der Waals surface area contributed by atoms with Gasteiger partial charge in [0.05, 0.1) is 5.52 Å². The first kappa shape index (κ1) is 13.7. The standard InChI is InChI=1S/C17H16ClN3/c1-11(12-3-2-4-14(19)9-12)21-16-7-8-20-17-10-13(18)5-6-15(16)17/h2-11H,19H2,1H3,(H,20,21). The van der Waals surface area contributed by atoms with Crippen LogP contribution in [-0.4, -0.2) is 4.98 Å². The van der Waals surface area contributed by atoms with Crippen molar-refractivity contribution in [1.29, 1.82) is 0 Å². The van der Waals surface area contributed by atoms with Crippen molar-refractivity contribution in [3.05, 3.63) is 65.3 Å². The van der Waals surface area contributed by atoms with E-state index in [2.05, 4.69) is 23.3 Å². The number of hydrogen-bond donors (Lipinski definition) is 2. The second-order valence-electron chi connectivity index (χ2n) is 5.06.